The molecule has 2 atom stereocenters. The first-order valence-corrected chi connectivity index (χ1v) is 6.56. The first kappa shape index (κ1) is 15.3. The van der Waals surface area contributed by atoms with E-state index in [4.69, 9.17) is 9.47 Å². The van der Waals surface area contributed by atoms with Crippen LogP contribution in [-0.4, -0.2) is 24.9 Å². The number of rotatable bonds is 7. The molecular weight excluding hydrogens is 242 g/mol. The number of hydrogen-bond acceptors (Lipinski definition) is 4. The van der Waals surface area contributed by atoms with Gasteiger partial charge in [-0.05, 0) is 31.0 Å². The van der Waals surface area contributed by atoms with Crippen LogP contribution in [0.5, 0.6) is 11.5 Å². The van der Waals surface area contributed by atoms with E-state index in [9.17, 15) is 10.4 Å². The number of nitrogens with zero attached hydrogens (tertiary/aromatic N) is 1. The van der Waals surface area contributed by atoms with Gasteiger partial charge >= 0.3 is 0 Å². The molecule has 2 unspecified atom stereocenters. The number of hydrogen-bond donors (Lipinski definition) is 1. The van der Waals surface area contributed by atoms with Gasteiger partial charge in [0, 0.05) is 0 Å². The molecule has 0 bridgehead atoms. The molecule has 0 aromatic heterocycles. The Bertz CT molecular complexity index is 440. The highest BCUT2D eigenvalue weighted by atomic mass is 16.5. The van der Waals surface area contributed by atoms with Crippen LogP contribution in [0.15, 0.2) is 18.2 Å². The summed E-state index contributed by atoms with van der Waals surface area (Å²) in [6, 6.07) is 7.51. The van der Waals surface area contributed by atoms with E-state index in [0.717, 1.165) is 12.0 Å². The summed E-state index contributed by atoms with van der Waals surface area (Å²) in [4.78, 5) is 0. The summed E-state index contributed by atoms with van der Waals surface area (Å²) >= 11 is 0. The van der Waals surface area contributed by atoms with Crippen molar-refractivity contribution in [3.63, 3.8) is 0 Å². The molecular formula is C15H21NO3. The van der Waals surface area contributed by atoms with Gasteiger partial charge in [-0.2, -0.15) is 5.26 Å². The fourth-order valence-corrected chi connectivity index (χ4v) is 2.00. The Balaban J connectivity index is 3.02. The SMILES string of the molecule is CCCC(O)C(C#N)c1ccc(OCC)c(OC)c1. The largest absolute Gasteiger partial charge is 0.493 e. The Kier molecular flexibility index (Phi) is 6.17. The quantitative estimate of drug-likeness (QED) is 0.821. The molecule has 4 nitrogen and oxygen atoms in total. The van der Waals surface area contributed by atoms with Crippen molar-refractivity contribution in [2.45, 2.75) is 38.7 Å². The topological polar surface area (TPSA) is 62.5 Å². The molecule has 0 radical (unpaired) electrons. The minimum Gasteiger partial charge on any atom is -0.493 e. The van der Waals surface area contributed by atoms with Crippen LogP contribution in [0, 0.1) is 11.3 Å². The highest BCUT2D eigenvalue weighted by molar-refractivity contribution is 5.45. The van der Waals surface area contributed by atoms with E-state index in [2.05, 4.69) is 6.07 Å². The van der Waals surface area contributed by atoms with Crippen molar-refractivity contribution >= 4 is 0 Å². The van der Waals surface area contributed by atoms with Crippen LogP contribution in [0.1, 0.15) is 38.2 Å². The molecule has 0 aliphatic rings. The fraction of sp³-hybridized carbons (Fsp3) is 0.533. The van der Waals surface area contributed by atoms with E-state index in [1.54, 1.807) is 25.3 Å². The van der Waals surface area contributed by atoms with Crippen molar-refractivity contribution < 1.29 is 14.6 Å². The van der Waals surface area contributed by atoms with Gasteiger partial charge in [0.15, 0.2) is 11.5 Å². The van der Waals surface area contributed by atoms with Crippen LogP contribution in [0.25, 0.3) is 0 Å². The van der Waals surface area contributed by atoms with Crippen molar-refractivity contribution in [2.24, 2.45) is 0 Å². The summed E-state index contributed by atoms with van der Waals surface area (Å²) in [6.07, 6.45) is 0.791. The third kappa shape index (κ3) is 3.87. The van der Waals surface area contributed by atoms with Crippen LogP contribution in [0.4, 0.5) is 0 Å². The minimum atomic E-state index is -0.655. The van der Waals surface area contributed by atoms with Gasteiger partial charge in [0.05, 0.1) is 31.8 Å². The van der Waals surface area contributed by atoms with E-state index < -0.39 is 12.0 Å². The number of benzene rings is 1. The standard InChI is InChI=1S/C15H21NO3/c1-4-6-13(17)12(10-16)11-7-8-14(19-5-2)15(9-11)18-3/h7-9,12-13,17H,4-6H2,1-3H3. The summed E-state index contributed by atoms with van der Waals surface area (Å²) in [5, 5.41) is 19.2. The summed E-state index contributed by atoms with van der Waals surface area (Å²) in [5.74, 6) is 0.697. The Morgan fingerprint density at radius 1 is 1.32 bits per heavy atom. The molecule has 0 aliphatic carbocycles. The van der Waals surface area contributed by atoms with Gasteiger partial charge < -0.3 is 14.6 Å². The van der Waals surface area contributed by atoms with Crippen molar-refractivity contribution in [3.05, 3.63) is 23.8 Å². The van der Waals surface area contributed by atoms with Crippen molar-refractivity contribution in [3.8, 4) is 17.6 Å². The molecule has 4 heteroatoms. The lowest BCUT2D eigenvalue weighted by Gasteiger charge is -2.18. The van der Waals surface area contributed by atoms with E-state index in [0.29, 0.717) is 24.5 Å². The van der Waals surface area contributed by atoms with Gasteiger partial charge in [-0.25, -0.2) is 0 Å². The van der Waals surface area contributed by atoms with Crippen molar-refractivity contribution in [2.75, 3.05) is 13.7 Å². The van der Waals surface area contributed by atoms with E-state index in [1.807, 2.05) is 13.8 Å². The first-order valence-electron chi connectivity index (χ1n) is 6.56. The Labute approximate surface area is 114 Å². The molecule has 0 heterocycles. The average molecular weight is 263 g/mol. The maximum absolute atomic E-state index is 10.0. The average Bonchev–Trinajstić information content (AvgIpc) is 2.41. The van der Waals surface area contributed by atoms with Gasteiger partial charge in [-0.15, -0.1) is 0 Å². The van der Waals surface area contributed by atoms with Gasteiger partial charge in [-0.3, -0.25) is 0 Å². The number of methoxy groups -OCH3 is 1. The van der Waals surface area contributed by atoms with Crippen LogP contribution >= 0.6 is 0 Å². The lowest BCUT2D eigenvalue weighted by molar-refractivity contribution is 0.150. The zero-order chi connectivity index (χ0) is 14.3. The monoisotopic (exact) mass is 263 g/mol. The summed E-state index contributed by atoms with van der Waals surface area (Å²) in [7, 11) is 1.56. The maximum atomic E-state index is 10.0. The summed E-state index contributed by atoms with van der Waals surface area (Å²) in [5.41, 5.74) is 0.753. The molecule has 1 aromatic carbocycles. The second-order valence-electron chi connectivity index (χ2n) is 4.31. The number of aliphatic hydroxyl groups excluding tert-OH is 1. The molecule has 104 valence electrons. The molecule has 0 saturated heterocycles. The predicted molar refractivity (Wildman–Crippen MR) is 73.4 cm³/mol. The molecule has 0 saturated carbocycles. The summed E-state index contributed by atoms with van der Waals surface area (Å²) in [6.45, 7) is 4.43. The van der Waals surface area contributed by atoms with Crippen LogP contribution in [0.2, 0.25) is 0 Å². The number of aliphatic hydroxyl groups is 1. The Morgan fingerprint density at radius 2 is 2.05 bits per heavy atom. The lowest BCUT2D eigenvalue weighted by atomic mass is 9.92. The van der Waals surface area contributed by atoms with Gasteiger partial charge in [-0.1, -0.05) is 19.4 Å². The number of nitriles is 1. The van der Waals surface area contributed by atoms with Crippen molar-refractivity contribution in [1.82, 2.24) is 0 Å². The second kappa shape index (κ2) is 7.65. The van der Waals surface area contributed by atoms with Crippen LogP contribution < -0.4 is 9.47 Å². The molecule has 1 aromatic rings. The Hall–Kier alpha value is -1.73. The van der Waals surface area contributed by atoms with Gasteiger partial charge in [0.1, 0.15) is 0 Å². The highest BCUT2D eigenvalue weighted by Crippen LogP contribution is 2.32. The number of ether oxygens (including phenoxy) is 2. The van der Waals surface area contributed by atoms with Crippen molar-refractivity contribution in [1.29, 1.82) is 5.26 Å². The Morgan fingerprint density at radius 3 is 2.58 bits per heavy atom. The van der Waals surface area contributed by atoms with Crippen LogP contribution in [0.3, 0.4) is 0 Å². The zero-order valence-electron chi connectivity index (χ0n) is 11.7. The molecule has 0 fully saturated rings. The second-order valence-corrected chi connectivity index (χ2v) is 4.31. The zero-order valence-corrected chi connectivity index (χ0v) is 11.7. The fourth-order valence-electron chi connectivity index (χ4n) is 2.00. The predicted octanol–water partition coefficient (Wildman–Crippen LogP) is 2.86. The molecule has 1 rings (SSSR count). The maximum Gasteiger partial charge on any atom is 0.161 e. The molecule has 19 heavy (non-hydrogen) atoms. The molecule has 0 amide bonds. The van der Waals surface area contributed by atoms with Gasteiger partial charge in [0.25, 0.3) is 0 Å². The summed E-state index contributed by atoms with van der Waals surface area (Å²) < 4.78 is 10.7. The lowest BCUT2D eigenvalue weighted by Crippen LogP contribution is -2.17. The third-order valence-electron chi connectivity index (χ3n) is 2.95. The minimum absolute atomic E-state index is 0.537. The smallest absolute Gasteiger partial charge is 0.161 e. The van der Waals surface area contributed by atoms with Crippen LogP contribution in [-0.2, 0) is 0 Å². The van der Waals surface area contributed by atoms with E-state index >= 15 is 0 Å². The highest BCUT2D eigenvalue weighted by Gasteiger charge is 2.21. The molecule has 0 aliphatic heterocycles. The van der Waals surface area contributed by atoms with E-state index in [1.165, 1.54) is 0 Å². The van der Waals surface area contributed by atoms with E-state index in [-0.39, 0.29) is 0 Å². The molecule has 0 spiro atoms. The van der Waals surface area contributed by atoms with Gasteiger partial charge in [0.2, 0.25) is 0 Å². The third-order valence-corrected chi connectivity index (χ3v) is 2.95. The first-order chi connectivity index (χ1) is 9.17. The molecule has 1 N–H and O–H groups in total. The normalized spacial score (nSPS) is 13.4.